The summed E-state index contributed by atoms with van der Waals surface area (Å²) in [6, 6.07) is 72.9. The van der Waals surface area contributed by atoms with E-state index < -0.39 is 0 Å². The van der Waals surface area contributed by atoms with Gasteiger partial charge in [-0.3, -0.25) is 0 Å². The highest BCUT2D eigenvalue weighted by Gasteiger charge is 2.19. The quantitative estimate of drug-likeness (QED) is 0.158. The van der Waals surface area contributed by atoms with E-state index in [1.54, 1.807) is 0 Å². The van der Waals surface area contributed by atoms with Gasteiger partial charge in [0.1, 0.15) is 0 Å². The van der Waals surface area contributed by atoms with Crippen molar-refractivity contribution in [3.8, 4) is 33.4 Å². The lowest BCUT2D eigenvalue weighted by Gasteiger charge is -2.27. The first kappa shape index (κ1) is 30.4. The van der Waals surface area contributed by atoms with Crippen LogP contribution in [0.5, 0.6) is 0 Å². The third kappa shape index (κ3) is 5.24. The molecule has 0 amide bonds. The molecule has 1 aromatic heterocycles. The summed E-state index contributed by atoms with van der Waals surface area (Å²) in [5, 5.41) is 7.68. The SMILES string of the molecule is c1ccc(-c2ccc(-c3ccc(N(c4ccc(-c5cc6ccccc6c6ccccc56)cc4)c4cccc5sc6ccccc6c45)cc3)cc2)cc1. The lowest BCUT2D eigenvalue weighted by Crippen LogP contribution is -2.10. The lowest BCUT2D eigenvalue weighted by atomic mass is 9.93. The summed E-state index contributed by atoms with van der Waals surface area (Å²) < 4.78 is 2.59. The summed E-state index contributed by atoms with van der Waals surface area (Å²) in [4.78, 5) is 2.42. The van der Waals surface area contributed by atoms with Gasteiger partial charge in [0, 0.05) is 31.5 Å². The molecule has 52 heavy (non-hydrogen) atoms. The Balaban J connectivity index is 1.09. The highest BCUT2D eigenvalue weighted by Crippen LogP contribution is 2.45. The molecule has 10 aromatic rings. The Labute approximate surface area is 307 Å². The molecule has 0 N–H and O–H groups in total. The number of rotatable bonds is 6. The van der Waals surface area contributed by atoms with E-state index in [0.717, 1.165) is 11.4 Å². The van der Waals surface area contributed by atoms with Gasteiger partial charge in [0.2, 0.25) is 0 Å². The Hall–Kier alpha value is -6.48. The Morgan fingerprint density at radius 1 is 0.327 bits per heavy atom. The van der Waals surface area contributed by atoms with Crippen molar-refractivity contribution >= 4 is 70.1 Å². The van der Waals surface area contributed by atoms with Gasteiger partial charge in [0.25, 0.3) is 0 Å². The minimum absolute atomic E-state index is 1.12. The van der Waals surface area contributed by atoms with E-state index in [0.29, 0.717) is 0 Å². The number of hydrogen-bond donors (Lipinski definition) is 0. The van der Waals surface area contributed by atoms with Crippen LogP contribution in [0.1, 0.15) is 0 Å². The van der Waals surface area contributed by atoms with Gasteiger partial charge >= 0.3 is 0 Å². The molecule has 0 fully saturated rings. The van der Waals surface area contributed by atoms with Crippen molar-refractivity contribution in [3.63, 3.8) is 0 Å². The van der Waals surface area contributed by atoms with Crippen molar-refractivity contribution in [2.24, 2.45) is 0 Å². The fraction of sp³-hybridized carbons (Fsp3) is 0. The first-order valence-electron chi connectivity index (χ1n) is 17.8. The monoisotopic (exact) mass is 679 g/mol. The van der Waals surface area contributed by atoms with E-state index in [1.807, 2.05) is 11.3 Å². The molecule has 0 aliphatic rings. The summed E-state index contributed by atoms with van der Waals surface area (Å²) in [5.41, 5.74) is 10.7. The average Bonchev–Trinajstić information content (AvgIpc) is 3.61. The average molecular weight is 680 g/mol. The number of fused-ring (bicyclic) bond motifs is 6. The summed E-state index contributed by atoms with van der Waals surface area (Å²) in [6.45, 7) is 0. The second-order valence-electron chi connectivity index (χ2n) is 13.3. The molecule has 0 saturated heterocycles. The van der Waals surface area contributed by atoms with Crippen LogP contribution in [0.15, 0.2) is 200 Å². The van der Waals surface area contributed by atoms with Crippen molar-refractivity contribution in [1.29, 1.82) is 0 Å². The van der Waals surface area contributed by atoms with Crippen LogP contribution >= 0.6 is 11.3 Å². The van der Waals surface area contributed by atoms with Crippen LogP contribution in [0.3, 0.4) is 0 Å². The molecule has 1 nitrogen and oxygen atoms in total. The topological polar surface area (TPSA) is 3.24 Å². The molecule has 244 valence electrons. The highest BCUT2D eigenvalue weighted by molar-refractivity contribution is 7.26. The summed E-state index contributed by atoms with van der Waals surface area (Å²) in [7, 11) is 0. The summed E-state index contributed by atoms with van der Waals surface area (Å²) >= 11 is 1.86. The van der Waals surface area contributed by atoms with E-state index in [4.69, 9.17) is 0 Å². The van der Waals surface area contributed by atoms with Crippen molar-refractivity contribution in [1.82, 2.24) is 0 Å². The molecule has 0 saturated carbocycles. The molecule has 0 atom stereocenters. The highest BCUT2D eigenvalue weighted by atomic mass is 32.1. The molecule has 0 bridgehead atoms. The molecule has 0 aliphatic heterocycles. The standard InChI is InChI=1S/C50H33NS/c1-2-11-34(12-3-1)35-21-23-36(24-22-35)37-25-29-40(30-26-37)51(47-18-10-20-49-50(47)45-17-8-9-19-48(45)52-49)41-31-27-38(28-32-41)46-33-39-13-4-5-14-42(39)43-15-6-7-16-44(43)46/h1-33H. The molecule has 0 radical (unpaired) electrons. The van der Waals surface area contributed by atoms with E-state index in [9.17, 15) is 0 Å². The zero-order valence-corrected chi connectivity index (χ0v) is 29.2. The zero-order valence-electron chi connectivity index (χ0n) is 28.4. The lowest BCUT2D eigenvalue weighted by molar-refractivity contribution is 1.30. The molecular weight excluding hydrogens is 647 g/mol. The Morgan fingerprint density at radius 3 is 1.52 bits per heavy atom. The number of nitrogens with zero attached hydrogens (tertiary/aromatic N) is 1. The van der Waals surface area contributed by atoms with Crippen LogP contribution in [-0.2, 0) is 0 Å². The van der Waals surface area contributed by atoms with Crippen LogP contribution in [-0.4, -0.2) is 0 Å². The maximum absolute atomic E-state index is 2.42. The van der Waals surface area contributed by atoms with E-state index in [2.05, 4.69) is 205 Å². The normalized spacial score (nSPS) is 11.5. The molecule has 1 heterocycles. The van der Waals surface area contributed by atoms with Crippen LogP contribution in [0.4, 0.5) is 17.1 Å². The predicted octanol–water partition coefficient (Wildman–Crippen LogP) is 14.8. The minimum Gasteiger partial charge on any atom is -0.310 e. The molecule has 10 rings (SSSR count). The fourth-order valence-electron chi connectivity index (χ4n) is 7.74. The number of benzene rings is 9. The first-order chi connectivity index (χ1) is 25.8. The maximum atomic E-state index is 2.42. The van der Waals surface area contributed by atoms with Crippen LogP contribution in [0.2, 0.25) is 0 Å². The molecular formula is C50H33NS. The number of hydrogen-bond acceptors (Lipinski definition) is 2. The van der Waals surface area contributed by atoms with Gasteiger partial charge in [-0.15, -0.1) is 11.3 Å². The number of anilines is 3. The van der Waals surface area contributed by atoms with Crippen molar-refractivity contribution in [3.05, 3.63) is 200 Å². The molecule has 0 spiro atoms. The molecule has 0 aliphatic carbocycles. The smallest absolute Gasteiger partial charge is 0.0554 e. The van der Waals surface area contributed by atoms with E-state index >= 15 is 0 Å². The van der Waals surface area contributed by atoms with Crippen molar-refractivity contribution in [2.45, 2.75) is 0 Å². The van der Waals surface area contributed by atoms with Gasteiger partial charge in [-0.1, -0.05) is 152 Å². The van der Waals surface area contributed by atoms with Gasteiger partial charge in [-0.25, -0.2) is 0 Å². The van der Waals surface area contributed by atoms with Gasteiger partial charge in [0.05, 0.1) is 5.69 Å². The van der Waals surface area contributed by atoms with Crippen LogP contribution in [0, 0.1) is 0 Å². The Morgan fingerprint density at radius 2 is 0.827 bits per heavy atom. The maximum Gasteiger partial charge on any atom is 0.0554 e. The molecule has 2 heteroatoms. The fourth-order valence-corrected chi connectivity index (χ4v) is 8.87. The predicted molar refractivity (Wildman–Crippen MR) is 225 cm³/mol. The van der Waals surface area contributed by atoms with Crippen LogP contribution < -0.4 is 4.90 Å². The zero-order chi connectivity index (χ0) is 34.4. The third-order valence-electron chi connectivity index (χ3n) is 10.3. The second-order valence-corrected chi connectivity index (χ2v) is 14.4. The summed E-state index contributed by atoms with van der Waals surface area (Å²) in [6.07, 6.45) is 0. The van der Waals surface area contributed by atoms with E-state index in [1.165, 1.54) is 80.8 Å². The first-order valence-corrected chi connectivity index (χ1v) is 18.6. The van der Waals surface area contributed by atoms with Crippen LogP contribution in [0.25, 0.3) is 75.1 Å². The minimum atomic E-state index is 1.12. The summed E-state index contributed by atoms with van der Waals surface area (Å²) in [5.74, 6) is 0. The largest absolute Gasteiger partial charge is 0.310 e. The molecule has 0 unspecified atom stereocenters. The number of thiophene rings is 1. The Bertz CT molecular complexity index is 2870. The second kappa shape index (κ2) is 12.7. The van der Waals surface area contributed by atoms with Gasteiger partial charge in [-0.05, 0) is 103 Å². The van der Waals surface area contributed by atoms with Crippen molar-refractivity contribution < 1.29 is 0 Å². The van der Waals surface area contributed by atoms with Gasteiger partial charge in [0.15, 0.2) is 0 Å². The van der Waals surface area contributed by atoms with Gasteiger partial charge < -0.3 is 4.90 Å². The third-order valence-corrected chi connectivity index (χ3v) is 11.4. The Kier molecular flexibility index (Phi) is 7.41. The van der Waals surface area contributed by atoms with Crippen molar-refractivity contribution in [2.75, 3.05) is 4.90 Å². The van der Waals surface area contributed by atoms with Gasteiger partial charge in [-0.2, -0.15) is 0 Å². The molecule has 9 aromatic carbocycles. The van der Waals surface area contributed by atoms with E-state index in [-0.39, 0.29) is 0 Å².